The maximum Gasteiger partial charge on any atom is 0.343 e. The van der Waals surface area contributed by atoms with Crippen molar-refractivity contribution < 1.29 is 14.3 Å². The Morgan fingerprint density at radius 1 is 0.964 bits per heavy atom. The molecule has 0 spiro atoms. The van der Waals surface area contributed by atoms with E-state index in [1.165, 1.54) is 7.11 Å². The van der Waals surface area contributed by atoms with Gasteiger partial charge < -0.3 is 9.47 Å². The minimum Gasteiger partial charge on any atom is -0.497 e. The summed E-state index contributed by atoms with van der Waals surface area (Å²) in [6.45, 7) is 0. The van der Waals surface area contributed by atoms with E-state index >= 15 is 0 Å². The van der Waals surface area contributed by atoms with Gasteiger partial charge in [-0.1, -0.05) is 41.9 Å². The first-order valence-corrected chi connectivity index (χ1v) is 8.81. The number of carbonyl (C=O) groups excluding carboxylic acids is 1. The Bertz CT molecular complexity index is 1050. The SMILES string of the molecule is COc1cccc(C(=O)Oc2ccc(/C=C(/C#N)c3ccc(Cl)cc3)cc2)c1. The van der Waals surface area contributed by atoms with E-state index in [1.54, 1.807) is 78.9 Å². The summed E-state index contributed by atoms with van der Waals surface area (Å²) in [5.74, 6) is 0.525. The molecule has 3 aromatic carbocycles. The molecule has 4 nitrogen and oxygen atoms in total. The molecule has 0 amide bonds. The number of hydrogen-bond donors (Lipinski definition) is 0. The summed E-state index contributed by atoms with van der Waals surface area (Å²) in [6.07, 6.45) is 1.76. The first-order chi connectivity index (χ1) is 13.6. The van der Waals surface area contributed by atoms with Gasteiger partial charge in [0.05, 0.1) is 24.3 Å². The summed E-state index contributed by atoms with van der Waals surface area (Å²) < 4.78 is 10.5. The molecule has 0 atom stereocenters. The molecule has 28 heavy (non-hydrogen) atoms. The number of allylic oxidation sites excluding steroid dienone is 1. The van der Waals surface area contributed by atoms with Crippen LogP contribution in [0.3, 0.4) is 0 Å². The quantitative estimate of drug-likeness (QED) is 0.245. The van der Waals surface area contributed by atoms with E-state index in [1.807, 2.05) is 0 Å². The molecule has 0 bridgehead atoms. The van der Waals surface area contributed by atoms with Crippen LogP contribution in [-0.4, -0.2) is 13.1 Å². The molecule has 0 saturated heterocycles. The van der Waals surface area contributed by atoms with Crippen molar-refractivity contribution in [1.82, 2.24) is 0 Å². The highest BCUT2D eigenvalue weighted by molar-refractivity contribution is 6.30. The number of hydrogen-bond acceptors (Lipinski definition) is 4. The molecule has 5 heteroatoms. The van der Waals surface area contributed by atoms with Crippen molar-refractivity contribution in [1.29, 1.82) is 5.26 Å². The Balaban J connectivity index is 1.74. The Labute approximate surface area is 168 Å². The number of nitrogens with zero attached hydrogens (tertiary/aromatic N) is 1. The maximum atomic E-state index is 12.3. The van der Waals surface area contributed by atoms with Crippen molar-refractivity contribution in [3.05, 3.63) is 94.5 Å². The van der Waals surface area contributed by atoms with Crippen LogP contribution in [0.5, 0.6) is 11.5 Å². The molecule has 0 aliphatic rings. The number of rotatable bonds is 5. The van der Waals surface area contributed by atoms with E-state index in [4.69, 9.17) is 21.1 Å². The highest BCUT2D eigenvalue weighted by Crippen LogP contribution is 2.22. The van der Waals surface area contributed by atoms with Crippen LogP contribution in [0, 0.1) is 11.3 Å². The zero-order valence-corrected chi connectivity index (χ0v) is 15.8. The molecule has 0 saturated carbocycles. The van der Waals surface area contributed by atoms with Crippen LogP contribution in [0.4, 0.5) is 0 Å². The fourth-order valence-electron chi connectivity index (χ4n) is 2.52. The second kappa shape index (κ2) is 8.90. The van der Waals surface area contributed by atoms with Crippen LogP contribution < -0.4 is 9.47 Å². The highest BCUT2D eigenvalue weighted by atomic mass is 35.5. The monoisotopic (exact) mass is 389 g/mol. The predicted molar refractivity (Wildman–Crippen MR) is 109 cm³/mol. The van der Waals surface area contributed by atoms with Crippen molar-refractivity contribution in [2.45, 2.75) is 0 Å². The Morgan fingerprint density at radius 3 is 2.32 bits per heavy atom. The van der Waals surface area contributed by atoms with Gasteiger partial charge in [0.2, 0.25) is 0 Å². The van der Waals surface area contributed by atoms with Crippen molar-refractivity contribution in [2.75, 3.05) is 7.11 Å². The number of esters is 1. The maximum absolute atomic E-state index is 12.3. The minimum absolute atomic E-state index is 0.401. The summed E-state index contributed by atoms with van der Waals surface area (Å²) in [5.41, 5.74) is 2.50. The first kappa shape index (κ1) is 19.2. The van der Waals surface area contributed by atoms with Gasteiger partial charge in [-0.2, -0.15) is 5.26 Å². The number of halogens is 1. The van der Waals surface area contributed by atoms with E-state index in [2.05, 4.69) is 6.07 Å². The van der Waals surface area contributed by atoms with Crippen LogP contribution in [0.15, 0.2) is 72.8 Å². The Kier molecular flexibility index (Phi) is 6.11. The fraction of sp³-hybridized carbons (Fsp3) is 0.0435. The van der Waals surface area contributed by atoms with E-state index in [9.17, 15) is 10.1 Å². The van der Waals surface area contributed by atoms with Crippen LogP contribution in [0.25, 0.3) is 11.6 Å². The van der Waals surface area contributed by atoms with Gasteiger partial charge in [0, 0.05) is 5.02 Å². The first-order valence-electron chi connectivity index (χ1n) is 8.43. The largest absolute Gasteiger partial charge is 0.497 e. The van der Waals surface area contributed by atoms with Crippen LogP contribution in [0.1, 0.15) is 21.5 Å². The zero-order valence-electron chi connectivity index (χ0n) is 15.1. The second-order valence-electron chi connectivity index (χ2n) is 5.87. The molecule has 0 aliphatic heterocycles. The topological polar surface area (TPSA) is 59.3 Å². The predicted octanol–water partition coefficient (Wildman–Crippen LogP) is 5.63. The number of methoxy groups -OCH3 is 1. The van der Waals surface area contributed by atoms with Crippen LogP contribution in [0.2, 0.25) is 5.02 Å². The second-order valence-corrected chi connectivity index (χ2v) is 6.30. The van der Waals surface area contributed by atoms with Gasteiger partial charge in [0.25, 0.3) is 0 Å². The van der Waals surface area contributed by atoms with Gasteiger partial charge in [0.1, 0.15) is 11.5 Å². The average Bonchev–Trinajstić information content (AvgIpc) is 2.74. The third-order valence-electron chi connectivity index (χ3n) is 3.98. The third kappa shape index (κ3) is 4.79. The lowest BCUT2D eigenvalue weighted by Gasteiger charge is -2.06. The lowest BCUT2D eigenvalue weighted by molar-refractivity contribution is 0.0734. The molecular formula is C23H16ClNO3. The fourth-order valence-corrected chi connectivity index (χ4v) is 2.65. The normalized spacial score (nSPS) is 10.8. The lowest BCUT2D eigenvalue weighted by atomic mass is 10.0. The van der Waals surface area contributed by atoms with Crippen LogP contribution in [-0.2, 0) is 0 Å². The van der Waals surface area contributed by atoms with E-state index in [-0.39, 0.29) is 0 Å². The summed E-state index contributed by atoms with van der Waals surface area (Å²) in [6, 6.07) is 22.9. The van der Waals surface area contributed by atoms with E-state index in [0.29, 0.717) is 27.7 Å². The molecule has 138 valence electrons. The number of carbonyl (C=O) groups is 1. The molecule has 0 unspecified atom stereocenters. The number of nitriles is 1. The van der Waals surface area contributed by atoms with Crippen LogP contribution >= 0.6 is 11.6 Å². The Morgan fingerprint density at radius 2 is 1.68 bits per heavy atom. The molecule has 0 heterocycles. The summed E-state index contributed by atoms with van der Waals surface area (Å²) >= 11 is 5.89. The summed E-state index contributed by atoms with van der Waals surface area (Å²) in [7, 11) is 1.54. The van der Waals surface area contributed by atoms with Crippen molar-refractivity contribution in [3.63, 3.8) is 0 Å². The smallest absolute Gasteiger partial charge is 0.343 e. The highest BCUT2D eigenvalue weighted by Gasteiger charge is 2.09. The van der Waals surface area contributed by atoms with Gasteiger partial charge in [-0.15, -0.1) is 0 Å². The minimum atomic E-state index is -0.471. The van der Waals surface area contributed by atoms with E-state index in [0.717, 1.165) is 11.1 Å². The molecule has 0 fully saturated rings. The van der Waals surface area contributed by atoms with E-state index < -0.39 is 5.97 Å². The molecule has 0 radical (unpaired) electrons. The lowest BCUT2D eigenvalue weighted by Crippen LogP contribution is -2.08. The van der Waals surface area contributed by atoms with Crippen molar-refractivity contribution >= 4 is 29.2 Å². The molecular weight excluding hydrogens is 374 g/mol. The van der Waals surface area contributed by atoms with Crippen molar-refractivity contribution in [2.24, 2.45) is 0 Å². The standard InChI is InChI=1S/C23H16ClNO3/c1-27-22-4-2-3-18(14-22)23(26)28-21-11-5-16(6-12-21)13-19(15-25)17-7-9-20(24)10-8-17/h2-14H,1H3/b19-13-. The summed E-state index contributed by atoms with van der Waals surface area (Å²) in [5, 5.41) is 10.0. The molecule has 3 rings (SSSR count). The Hall–Kier alpha value is -3.55. The van der Waals surface area contributed by atoms with Crippen molar-refractivity contribution in [3.8, 4) is 17.6 Å². The van der Waals surface area contributed by atoms with Gasteiger partial charge in [-0.25, -0.2) is 4.79 Å². The molecule has 3 aromatic rings. The van der Waals surface area contributed by atoms with Gasteiger partial charge >= 0.3 is 5.97 Å². The molecule has 0 aliphatic carbocycles. The molecule has 0 N–H and O–H groups in total. The number of ether oxygens (including phenoxy) is 2. The van der Waals surface area contributed by atoms with Gasteiger partial charge in [-0.05, 0) is 59.7 Å². The molecule has 0 aromatic heterocycles. The van der Waals surface area contributed by atoms with Gasteiger partial charge in [-0.3, -0.25) is 0 Å². The average molecular weight is 390 g/mol. The van der Waals surface area contributed by atoms with Gasteiger partial charge in [0.15, 0.2) is 0 Å². The third-order valence-corrected chi connectivity index (χ3v) is 4.23. The number of benzene rings is 3. The zero-order chi connectivity index (χ0) is 19.9. The summed E-state index contributed by atoms with van der Waals surface area (Å²) in [4.78, 5) is 12.3.